The fourth-order valence-corrected chi connectivity index (χ4v) is 2.89. The van der Waals surface area contributed by atoms with Crippen molar-refractivity contribution in [1.82, 2.24) is 0 Å². The third-order valence-electron chi connectivity index (χ3n) is 3.79. The van der Waals surface area contributed by atoms with Gasteiger partial charge < -0.3 is 14.8 Å². The SMILES string of the molecule is Fc1cc(F)cc(NC2CCOC3(CCOC3)C2)c1. The van der Waals surface area contributed by atoms with E-state index in [0.717, 1.165) is 31.9 Å². The molecule has 2 aliphatic rings. The molecule has 3 nitrogen and oxygen atoms in total. The van der Waals surface area contributed by atoms with Crippen LogP contribution in [0.25, 0.3) is 0 Å². The molecule has 2 fully saturated rings. The second-order valence-corrected chi connectivity index (χ2v) is 5.33. The van der Waals surface area contributed by atoms with Gasteiger partial charge in [-0.25, -0.2) is 8.78 Å². The van der Waals surface area contributed by atoms with Crippen molar-refractivity contribution in [3.8, 4) is 0 Å². The highest BCUT2D eigenvalue weighted by Gasteiger charge is 2.40. The molecule has 2 heterocycles. The van der Waals surface area contributed by atoms with Crippen molar-refractivity contribution >= 4 is 5.69 Å². The molecule has 1 aromatic rings. The molecule has 1 N–H and O–H groups in total. The van der Waals surface area contributed by atoms with E-state index in [1.54, 1.807) is 0 Å². The highest BCUT2D eigenvalue weighted by Crippen LogP contribution is 2.34. The first-order chi connectivity index (χ1) is 9.15. The number of halogens is 2. The molecule has 1 aromatic carbocycles. The number of ether oxygens (including phenoxy) is 2. The first-order valence-corrected chi connectivity index (χ1v) is 6.60. The van der Waals surface area contributed by atoms with E-state index in [1.165, 1.54) is 12.1 Å². The molecule has 3 rings (SSSR count). The summed E-state index contributed by atoms with van der Waals surface area (Å²) in [7, 11) is 0. The van der Waals surface area contributed by atoms with Gasteiger partial charge in [-0.2, -0.15) is 0 Å². The summed E-state index contributed by atoms with van der Waals surface area (Å²) in [6.07, 6.45) is 2.54. The molecule has 19 heavy (non-hydrogen) atoms. The van der Waals surface area contributed by atoms with E-state index in [2.05, 4.69) is 5.32 Å². The van der Waals surface area contributed by atoms with Crippen LogP contribution in [0.4, 0.5) is 14.5 Å². The van der Waals surface area contributed by atoms with Crippen LogP contribution >= 0.6 is 0 Å². The van der Waals surface area contributed by atoms with Crippen LogP contribution in [0.1, 0.15) is 19.3 Å². The van der Waals surface area contributed by atoms with Crippen molar-refractivity contribution in [2.45, 2.75) is 30.9 Å². The molecule has 5 heteroatoms. The maximum Gasteiger partial charge on any atom is 0.128 e. The molecule has 104 valence electrons. The van der Waals surface area contributed by atoms with Gasteiger partial charge in [0.2, 0.25) is 0 Å². The maximum atomic E-state index is 13.2. The highest BCUT2D eigenvalue weighted by molar-refractivity contribution is 5.44. The maximum absolute atomic E-state index is 13.2. The lowest BCUT2D eigenvalue weighted by molar-refractivity contribution is -0.0828. The molecule has 2 saturated heterocycles. The summed E-state index contributed by atoms with van der Waals surface area (Å²) in [4.78, 5) is 0. The molecule has 0 aliphatic carbocycles. The lowest BCUT2D eigenvalue weighted by Gasteiger charge is -2.37. The van der Waals surface area contributed by atoms with Crippen molar-refractivity contribution in [3.05, 3.63) is 29.8 Å². The van der Waals surface area contributed by atoms with Crippen molar-refractivity contribution in [2.24, 2.45) is 0 Å². The van der Waals surface area contributed by atoms with Gasteiger partial charge in [-0.15, -0.1) is 0 Å². The minimum atomic E-state index is -0.562. The van der Waals surface area contributed by atoms with Gasteiger partial charge in [0.25, 0.3) is 0 Å². The Morgan fingerprint density at radius 1 is 1.16 bits per heavy atom. The quantitative estimate of drug-likeness (QED) is 0.895. The average molecular weight is 269 g/mol. The predicted molar refractivity (Wildman–Crippen MR) is 67.1 cm³/mol. The summed E-state index contributed by atoms with van der Waals surface area (Å²) in [6, 6.07) is 3.67. The van der Waals surface area contributed by atoms with Crippen molar-refractivity contribution in [1.29, 1.82) is 0 Å². The largest absolute Gasteiger partial charge is 0.382 e. The molecule has 0 aromatic heterocycles. The molecule has 0 saturated carbocycles. The van der Waals surface area contributed by atoms with Crippen LogP contribution in [0, 0.1) is 11.6 Å². The van der Waals surface area contributed by atoms with Gasteiger partial charge in [-0.3, -0.25) is 0 Å². The van der Waals surface area contributed by atoms with Gasteiger partial charge in [0.05, 0.1) is 12.2 Å². The Labute approximate surface area is 110 Å². The van der Waals surface area contributed by atoms with E-state index in [4.69, 9.17) is 9.47 Å². The smallest absolute Gasteiger partial charge is 0.128 e. The molecule has 2 aliphatic heterocycles. The van der Waals surface area contributed by atoms with Gasteiger partial charge in [0.15, 0.2) is 0 Å². The molecule has 2 atom stereocenters. The van der Waals surface area contributed by atoms with Crippen LogP contribution in [0.2, 0.25) is 0 Å². The Morgan fingerprint density at radius 2 is 1.95 bits per heavy atom. The van der Waals surface area contributed by atoms with Crippen LogP contribution in [-0.2, 0) is 9.47 Å². The summed E-state index contributed by atoms with van der Waals surface area (Å²) in [5.74, 6) is -1.12. The topological polar surface area (TPSA) is 30.5 Å². The molecule has 1 spiro atoms. The summed E-state index contributed by atoms with van der Waals surface area (Å²) < 4.78 is 37.5. The van der Waals surface area contributed by atoms with Gasteiger partial charge in [-0.05, 0) is 25.0 Å². The number of hydrogen-bond acceptors (Lipinski definition) is 3. The monoisotopic (exact) mass is 269 g/mol. The molecule has 2 unspecified atom stereocenters. The van der Waals surface area contributed by atoms with Gasteiger partial charge >= 0.3 is 0 Å². The van der Waals surface area contributed by atoms with E-state index >= 15 is 0 Å². The van der Waals surface area contributed by atoms with Crippen LogP contribution in [0.15, 0.2) is 18.2 Å². The first-order valence-electron chi connectivity index (χ1n) is 6.60. The zero-order valence-electron chi connectivity index (χ0n) is 10.6. The Morgan fingerprint density at radius 3 is 2.63 bits per heavy atom. The number of nitrogens with one attached hydrogen (secondary N) is 1. The molecule has 0 amide bonds. The zero-order valence-corrected chi connectivity index (χ0v) is 10.6. The second kappa shape index (κ2) is 5.06. The van der Waals surface area contributed by atoms with Gasteiger partial charge in [0, 0.05) is 37.4 Å². The van der Waals surface area contributed by atoms with E-state index in [9.17, 15) is 8.78 Å². The molecule has 0 bridgehead atoms. The third kappa shape index (κ3) is 2.87. The molecule has 0 radical (unpaired) electrons. The Balaban J connectivity index is 1.69. The standard InChI is InChI=1S/C14H17F2NO2/c15-10-5-11(16)7-13(6-10)17-12-1-3-19-14(8-12)2-4-18-9-14/h5-7,12,17H,1-4,8-9H2. The number of hydrogen-bond donors (Lipinski definition) is 1. The predicted octanol–water partition coefficient (Wildman–Crippen LogP) is 2.71. The summed E-state index contributed by atoms with van der Waals surface area (Å²) in [5, 5.41) is 3.20. The third-order valence-corrected chi connectivity index (χ3v) is 3.79. The molecular formula is C14H17F2NO2. The van der Waals surface area contributed by atoms with Crippen LogP contribution < -0.4 is 5.32 Å². The zero-order chi connectivity index (χ0) is 13.3. The number of anilines is 1. The summed E-state index contributed by atoms with van der Waals surface area (Å²) in [6.45, 7) is 1.99. The second-order valence-electron chi connectivity index (χ2n) is 5.33. The summed E-state index contributed by atoms with van der Waals surface area (Å²) in [5.41, 5.74) is 0.278. The Kier molecular flexibility index (Phi) is 3.41. The fraction of sp³-hybridized carbons (Fsp3) is 0.571. The van der Waals surface area contributed by atoms with Gasteiger partial charge in [0.1, 0.15) is 11.6 Å². The van der Waals surface area contributed by atoms with Crippen LogP contribution in [0.3, 0.4) is 0 Å². The fourth-order valence-electron chi connectivity index (χ4n) is 2.89. The van der Waals surface area contributed by atoms with E-state index in [0.29, 0.717) is 18.9 Å². The van der Waals surface area contributed by atoms with Crippen LogP contribution in [-0.4, -0.2) is 31.5 Å². The lowest BCUT2D eigenvalue weighted by Crippen LogP contribution is -2.44. The lowest BCUT2D eigenvalue weighted by atomic mass is 9.89. The number of benzene rings is 1. The molecular weight excluding hydrogens is 252 g/mol. The first kappa shape index (κ1) is 12.8. The van der Waals surface area contributed by atoms with Crippen LogP contribution in [0.5, 0.6) is 0 Å². The Hall–Kier alpha value is -1.20. The normalized spacial score (nSPS) is 30.7. The van der Waals surface area contributed by atoms with Crippen molar-refractivity contribution < 1.29 is 18.3 Å². The average Bonchev–Trinajstić information content (AvgIpc) is 2.76. The van der Waals surface area contributed by atoms with Gasteiger partial charge in [-0.1, -0.05) is 0 Å². The highest BCUT2D eigenvalue weighted by atomic mass is 19.1. The minimum absolute atomic E-state index is 0.164. The van der Waals surface area contributed by atoms with Crippen molar-refractivity contribution in [2.75, 3.05) is 25.1 Å². The van der Waals surface area contributed by atoms with E-state index in [-0.39, 0.29) is 11.6 Å². The number of rotatable bonds is 2. The minimum Gasteiger partial charge on any atom is -0.382 e. The Bertz CT molecular complexity index is 441. The van der Waals surface area contributed by atoms with Crippen molar-refractivity contribution in [3.63, 3.8) is 0 Å². The summed E-state index contributed by atoms with van der Waals surface area (Å²) >= 11 is 0. The van der Waals surface area contributed by atoms with E-state index in [1.807, 2.05) is 0 Å². The van der Waals surface area contributed by atoms with E-state index < -0.39 is 11.6 Å².